The molecule has 2 nitrogen and oxygen atoms in total. The number of nitrogens with zero attached hydrogens (tertiary/aromatic N) is 2. The lowest BCUT2D eigenvalue weighted by Gasteiger charge is -2.31. The van der Waals surface area contributed by atoms with Gasteiger partial charge in [0.15, 0.2) is 0 Å². The average Bonchev–Trinajstić information content (AvgIpc) is 3.73. The standard InChI is InChI=1S/C47H42N2/c1-29-23-35-37(25-43(29)48-39-19-11-7-15-31(39)32-16-8-12-20-40(32)48)47(27-45(35,3)4)28-46(5,6)36-24-30(2)44(26-38(36)47)49-41-21-13-9-17-33(41)34-18-10-14-22-42(34)49/h7-26H,27-28H2,1-6H3. The molecule has 0 N–H and O–H groups in total. The third kappa shape index (κ3) is 3.72. The van der Waals surface area contributed by atoms with Gasteiger partial charge in [-0.25, -0.2) is 0 Å². The van der Waals surface area contributed by atoms with Crippen LogP contribution in [0.25, 0.3) is 55.0 Å². The van der Waals surface area contributed by atoms with E-state index in [1.54, 1.807) is 0 Å². The minimum Gasteiger partial charge on any atom is -0.309 e. The Morgan fingerprint density at radius 2 is 0.714 bits per heavy atom. The maximum absolute atomic E-state index is 2.60. The van der Waals surface area contributed by atoms with Gasteiger partial charge in [0.25, 0.3) is 0 Å². The number of fused-ring (bicyclic) bond motifs is 10. The Morgan fingerprint density at radius 1 is 0.408 bits per heavy atom. The van der Waals surface area contributed by atoms with E-state index in [1.807, 2.05) is 0 Å². The lowest BCUT2D eigenvalue weighted by atomic mass is 9.72. The van der Waals surface area contributed by atoms with Gasteiger partial charge >= 0.3 is 0 Å². The first-order chi connectivity index (χ1) is 23.6. The molecule has 2 heterocycles. The highest BCUT2D eigenvalue weighted by atomic mass is 15.0. The number of hydrogen-bond acceptors (Lipinski definition) is 0. The quantitative estimate of drug-likeness (QED) is 0.179. The zero-order chi connectivity index (χ0) is 33.4. The Balaban J connectivity index is 1.27. The van der Waals surface area contributed by atoms with Crippen molar-refractivity contribution in [2.75, 3.05) is 0 Å². The van der Waals surface area contributed by atoms with Gasteiger partial charge in [0.05, 0.1) is 22.1 Å². The maximum atomic E-state index is 2.60. The van der Waals surface area contributed by atoms with Crippen LogP contribution in [-0.4, -0.2) is 9.13 Å². The summed E-state index contributed by atoms with van der Waals surface area (Å²) in [5, 5.41) is 5.25. The second-order valence-electron chi connectivity index (χ2n) is 16.3. The molecule has 0 fully saturated rings. The Morgan fingerprint density at radius 3 is 1.04 bits per heavy atom. The topological polar surface area (TPSA) is 9.86 Å². The second kappa shape index (κ2) is 9.54. The first-order valence-corrected chi connectivity index (χ1v) is 17.9. The van der Waals surface area contributed by atoms with Crippen LogP contribution in [0.4, 0.5) is 0 Å². The Labute approximate surface area is 288 Å². The highest BCUT2D eigenvalue weighted by molar-refractivity contribution is 6.10. The second-order valence-corrected chi connectivity index (χ2v) is 16.3. The van der Waals surface area contributed by atoms with Gasteiger partial charge in [-0.15, -0.1) is 0 Å². The third-order valence-corrected chi connectivity index (χ3v) is 12.3. The van der Waals surface area contributed by atoms with E-state index in [0.29, 0.717) is 0 Å². The van der Waals surface area contributed by atoms with E-state index < -0.39 is 0 Å². The molecule has 8 aromatic rings. The third-order valence-electron chi connectivity index (χ3n) is 12.3. The molecule has 0 amide bonds. The first kappa shape index (κ1) is 28.9. The van der Waals surface area contributed by atoms with E-state index in [-0.39, 0.29) is 16.2 Å². The zero-order valence-electron chi connectivity index (χ0n) is 29.4. The number of rotatable bonds is 2. The maximum Gasteiger partial charge on any atom is 0.0541 e. The summed E-state index contributed by atoms with van der Waals surface area (Å²) in [6, 6.07) is 45.9. The molecule has 0 saturated heterocycles. The largest absolute Gasteiger partial charge is 0.309 e. The van der Waals surface area contributed by atoms with Crippen molar-refractivity contribution in [1.82, 2.24) is 9.13 Å². The number of benzene rings is 6. The molecular weight excluding hydrogens is 593 g/mol. The van der Waals surface area contributed by atoms with E-state index in [2.05, 4.69) is 172 Å². The predicted octanol–water partition coefficient (Wildman–Crippen LogP) is 12.1. The monoisotopic (exact) mass is 634 g/mol. The molecule has 0 unspecified atom stereocenters. The van der Waals surface area contributed by atoms with Gasteiger partial charge in [-0.3, -0.25) is 0 Å². The zero-order valence-corrected chi connectivity index (χ0v) is 29.4. The highest BCUT2D eigenvalue weighted by Crippen LogP contribution is 2.63. The van der Waals surface area contributed by atoms with Crippen molar-refractivity contribution in [2.24, 2.45) is 0 Å². The lowest BCUT2D eigenvalue weighted by molar-refractivity contribution is 0.349. The smallest absolute Gasteiger partial charge is 0.0541 e. The van der Waals surface area contributed by atoms with E-state index >= 15 is 0 Å². The van der Waals surface area contributed by atoms with E-state index in [4.69, 9.17) is 0 Å². The molecule has 2 heteroatoms. The first-order valence-electron chi connectivity index (χ1n) is 17.9. The molecule has 0 aliphatic heterocycles. The van der Waals surface area contributed by atoms with Gasteiger partial charge in [0.1, 0.15) is 0 Å². The Hall–Kier alpha value is -5.08. The fraction of sp³-hybridized carbons (Fsp3) is 0.234. The fourth-order valence-corrected chi connectivity index (χ4v) is 10.4. The summed E-state index contributed by atoms with van der Waals surface area (Å²) in [5.74, 6) is 0. The van der Waals surface area contributed by atoms with Crippen molar-refractivity contribution in [1.29, 1.82) is 0 Å². The summed E-state index contributed by atoms with van der Waals surface area (Å²) in [4.78, 5) is 0. The van der Waals surface area contributed by atoms with Crippen LogP contribution in [0.2, 0.25) is 0 Å². The van der Waals surface area contributed by atoms with E-state index in [1.165, 1.54) is 88.4 Å². The van der Waals surface area contributed by atoms with E-state index in [9.17, 15) is 0 Å². The van der Waals surface area contributed by atoms with E-state index in [0.717, 1.165) is 12.8 Å². The summed E-state index contributed by atoms with van der Waals surface area (Å²) >= 11 is 0. The molecule has 10 rings (SSSR count). The minimum atomic E-state index is -0.0832. The lowest BCUT2D eigenvalue weighted by Crippen LogP contribution is -2.27. The molecule has 0 radical (unpaired) electrons. The van der Waals surface area contributed by atoms with Crippen LogP contribution in [0.1, 0.15) is 73.9 Å². The summed E-state index contributed by atoms with van der Waals surface area (Å²) in [6.45, 7) is 14.5. The van der Waals surface area contributed by atoms with Gasteiger partial charge in [-0.1, -0.05) is 113 Å². The van der Waals surface area contributed by atoms with Gasteiger partial charge < -0.3 is 9.13 Å². The highest BCUT2D eigenvalue weighted by Gasteiger charge is 2.56. The van der Waals surface area contributed by atoms with Crippen molar-refractivity contribution in [3.63, 3.8) is 0 Å². The SMILES string of the molecule is Cc1cc2c(cc1-n1c3ccccc3c3ccccc31)C1(CC2(C)C)CC(C)(C)c2cc(C)c(-n3c4ccccc4c4ccccc43)cc21. The van der Waals surface area contributed by atoms with Gasteiger partial charge in [-0.2, -0.15) is 0 Å². The minimum absolute atomic E-state index is 0.0506. The van der Waals surface area contributed by atoms with Crippen molar-refractivity contribution in [2.45, 2.75) is 70.6 Å². The molecule has 2 aliphatic carbocycles. The Bertz CT molecular complexity index is 2400. The molecular formula is C47H42N2. The molecule has 240 valence electrons. The molecule has 0 bridgehead atoms. The summed E-state index contributed by atoms with van der Waals surface area (Å²) in [5.41, 5.74) is 16.4. The van der Waals surface area contributed by atoms with Gasteiger partial charge in [0.2, 0.25) is 0 Å². The summed E-state index contributed by atoms with van der Waals surface area (Å²) in [7, 11) is 0. The summed E-state index contributed by atoms with van der Waals surface area (Å²) < 4.78 is 5.05. The number of para-hydroxylation sites is 4. The molecule has 1 spiro atoms. The number of hydrogen-bond donors (Lipinski definition) is 0. The van der Waals surface area contributed by atoms with Crippen LogP contribution in [-0.2, 0) is 16.2 Å². The molecule has 49 heavy (non-hydrogen) atoms. The summed E-state index contributed by atoms with van der Waals surface area (Å²) in [6.07, 6.45) is 2.22. The van der Waals surface area contributed by atoms with Crippen molar-refractivity contribution in [3.05, 3.63) is 155 Å². The molecule has 0 saturated carbocycles. The van der Waals surface area contributed by atoms with Crippen LogP contribution < -0.4 is 0 Å². The van der Waals surface area contributed by atoms with Crippen molar-refractivity contribution < 1.29 is 0 Å². The number of aromatic nitrogens is 2. The number of aryl methyl sites for hydroxylation is 2. The van der Waals surface area contributed by atoms with Crippen molar-refractivity contribution in [3.8, 4) is 11.4 Å². The van der Waals surface area contributed by atoms with Crippen LogP contribution in [0.5, 0.6) is 0 Å². The van der Waals surface area contributed by atoms with Crippen LogP contribution in [0, 0.1) is 13.8 Å². The van der Waals surface area contributed by atoms with Crippen molar-refractivity contribution >= 4 is 43.6 Å². The molecule has 0 atom stereocenters. The normalized spacial score (nSPS) is 17.1. The van der Waals surface area contributed by atoms with Gasteiger partial charge in [-0.05, 0) is 107 Å². The molecule has 6 aromatic carbocycles. The van der Waals surface area contributed by atoms with Gasteiger partial charge in [0, 0.05) is 38.3 Å². The van der Waals surface area contributed by atoms with Crippen LogP contribution >= 0.6 is 0 Å². The molecule has 2 aromatic heterocycles. The van der Waals surface area contributed by atoms with Crippen LogP contribution in [0.3, 0.4) is 0 Å². The predicted molar refractivity (Wildman–Crippen MR) is 207 cm³/mol. The van der Waals surface area contributed by atoms with Crippen LogP contribution in [0.15, 0.2) is 121 Å². The molecule has 2 aliphatic rings. The average molecular weight is 635 g/mol. The Kier molecular flexibility index (Phi) is 5.62. The fourth-order valence-electron chi connectivity index (χ4n) is 10.4.